The van der Waals surface area contributed by atoms with Crippen LogP contribution in [-0.4, -0.2) is 79.7 Å². The van der Waals surface area contributed by atoms with Crippen molar-refractivity contribution < 1.29 is 4.74 Å². The Morgan fingerprint density at radius 3 is 2.79 bits per heavy atom. The smallest absolute Gasteiger partial charge is 0.127 e. The van der Waals surface area contributed by atoms with Crippen molar-refractivity contribution in [2.75, 3.05) is 53.0 Å². The third-order valence-corrected chi connectivity index (χ3v) is 4.14. The molecule has 0 aromatic rings. The van der Waals surface area contributed by atoms with E-state index in [4.69, 9.17) is 9.73 Å². The van der Waals surface area contributed by atoms with Gasteiger partial charge in [0.25, 0.3) is 0 Å². The summed E-state index contributed by atoms with van der Waals surface area (Å²) in [6, 6.07) is 0. The summed E-state index contributed by atoms with van der Waals surface area (Å²) in [6.45, 7) is 7.13. The molecule has 2 fully saturated rings. The van der Waals surface area contributed by atoms with Gasteiger partial charge in [-0.15, -0.1) is 0 Å². The third kappa shape index (κ3) is 3.28. The van der Waals surface area contributed by atoms with Crippen LogP contribution in [0.4, 0.5) is 0 Å². The molecule has 2 saturated heterocycles. The van der Waals surface area contributed by atoms with Crippen LogP contribution >= 0.6 is 0 Å². The number of aliphatic imine (C=N–C) groups is 1. The topological polar surface area (TPSA) is 31.3 Å². The summed E-state index contributed by atoms with van der Waals surface area (Å²) in [4.78, 5) is 11.7. The van der Waals surface area contributed by atoms with E-state index in [0.29, 0.717) is 6.10 Å². The fourth-order valence-electron chi connectivity index (χ4n) is 2.84. The Morgan fingerprint density at radius 1 is 1.32 bits per heavy atom. The minimum absolute atomic E-state index is 0.407. The molecule has 3 heterocycles. The number of likely N-dealkylation sites (N-methyl/N-ethyl adjacent to an activating group) is 1. The Kier molecular flexibility index (Phi) is 4.03. The van der Waals surface area contributed by atoms with Crippen molar-refractivity contribution in [3.63, 3.8) is 0 Å². The van der Waals surface area contributed by atoms with E-state index in [9.17, 15) is 0 Å². The van der Waals surface area contributed by atoms with Crippen molar-refractivity contribution in [3.8, 4) is 0 Å². The van der Waals surface area contributed by atoms with Gasteiger partial charge in [-0.1, -0.05) is 0 Å². The highest BCUT2D eigenvalue weighted by Gasteiger charge is 2.21. The first-order valence-electron chi connectivity index (χ1n) is 7.33. The van der Waals surface area contributed by atoms with Crippen LogP contribution in [-0.2, 0) is 4.74 Å². The molecular formula is C14H24N4O. The second kappa shape index (κ2) is 5.92. The first kappa shape index (κ1) is 12.9. The molecule has 5 heteroatoms. The van der Waals surface area contributed by atoms with Crippen LogP contribution in [0.3, 0.4) is 0 Å². The highest BCUT2D eigenvalue weighted by atomic mass is 16.5. The molecule has 0 saturated carbocycles. The van der Waals surface area contributed by atoms with Crippen molar-refractivity contribution in [1.82, 2.24) is 14.7 Å². The molecule has 0 aromatic heterocycles. The number of hydrogen-bond donors (Lipinski definition) is 0. The van der Waals surface area contributed by atoms with Crippen LogP contribution in [0, 0.1) is 0 Å². The maximum atomic E-state index is 5.67. The molecule has 1 unspecified atom stereocenters. The monoisotopic (exact) mass is 264 g/mol. The highest BCUT2D eigenvalue weighted by molar-refractivity contribution is 5.93. The average molecular weight is 264 g/mol. The predicted octanol–water partition coefficient (Wildman–Crippen LogP) is 0.598. The first-order valence-corrected chi connectivity index (χ1v) is 7.33. The molecule has 106 valence electrons. The van der Waals surface area contributed by atoms with Gasteiger partial charge in [0.15, 0.2) is 0 Å². The Labute approximate surface area is 115 Å². The molecule has 3 rings (SSSR count). The quantitative estimate of drug-likeness (QED) is 0.731. The molecular weight excluding hydrogens is 240 g/mol. The standard InChI is InChI=1S/C14H24N4O/c1-16-6-8-18(9-7-16)14-4-5-17(12-15-14)11-13-3-2-10-19-13/h4-5,13H,2-3,6-12H2,1H3. The largest absolute Gasteiger partial charge is 0.376 e. The van der Waals surface area contributed by atoms with Crippen molar-refractivity contribution in [2.45, 2.75) is 18.9 Å². The lowest BCUT2D eigenvalue weighted by Crippen LogP contribution is -2.47. The maximum Gasteiger partial charge on any atom is 0.127 e. The average Bonchev–Trinajstić information content (AvgIpc) is 2.94. The molecule has 0 N–H and O–H groups in total. The van der Waals surface area contributed by atoms with Gasteiger partial charge in [0.05, 0.1) is 6.10 Å². The maximum absolute atomic E-state index is 5.67. The number of ether oxygens (including phenoxy) is 1. The van der Waals surface area contributed by atoms with E-state index < -0.39 is 0 Å². The third-order valence-electron chi connectivity index (χ3n) is 4.14. The van der Waals surface area contributed by atoms with Crippen LogP contribution in [0.15, 0.2) is 17.3 Å². The molecule has 0 aliphatic carbocycles. The van der Waals surface area contributed by atoms with Crippen LogP contribution in [0.1, 0.15) is 12.8 Å². The van der Waals surface area contributed by atoms with E-state index in [1.54, 1.807) is 0 Å². The van der Waals surface area contributed by atoms with Crippen molar-refractivity contribution in [2.24, 2.45) is 4.99 Å². The van der Waals surface area contributed by atoms with Crippen LogP contribution in [0.2, 0.25) is 0 Å². The number of piperazine rings is 1. The van der Waals surface area contributed by atoms with Gasteiger partial charge >= 0.3 is 0 Å². The summed E-state index contributed by atoms with van der Waals surface area (Å²) < 4.78 is 5.67. The molecule has 1 atom stereocenters. The summed E-state index contributed by atoms with van der Waals surface area (Å²) in [5, 5.41) is 0. The molecule has 0 aromatic carbocycles. The second-order valence-corrected chi connectivity index (χ2v) is 5.67. The zero-order chi connectivity index (χ0) is 13.1. The summed E-state index contributed by atoms with van der Waals surface area (Å²) in [7, 11) is 2.18. The van der Waals surface area contributed by atoms with Gasteiger partial charge < -0.3 is 19.4 Å². The number of hydrogen-bond acceptors (Lipinski definition) is 5. The van der Waals surface area contributed by atoms with Crippen LogP contribution in [0.5, 0.6) is 0 Å². The Hall–Kier alpha value is -1.07. The van der Waals surface area contributed by atoms with Gasteiger partial charge in [0, 0.05) is 45.5 Å². The van der Waals surface area contributed by atoms with E-state index in [2.05, 4.69) is 34.0 Å². The SMILES string of the molecule is CN1CCN(C2=NCN(CC3CCCO3)C=C2)CC1. The Bertz CT molecular complexity index is 354. The minimum atomic E-state index is 0.407. The van der Waals surface area contributed by atoms with Gasteiger partial charge in [-0.3, -0.25) is 0 Å². The zero-order valence-electron chi connectivity index (χ0n) is 11.8. The minimum Gasteiger partial charge on any atom is -0.376 e. The lowest BCUT2D eigenvalue weighted by atomic mass is 10.2. The Morgan fingerprint density at radius 2 is 2.16 bits per heavy atom. The number of amidine groups is 1. The first-order chi connectivity index (χ1) is 9.31. The molecule has 5 nitrogen and oxygen atoms in total. The number of nitrogens with zero attached hydrogens (tertiary/aromatic N) is 4. The van der Waals surface area contributed by atoms with E-state index in [0.717, 1.165) is 51.8 Å². The molecule has 3 aliphatic heterocycles. The molecule has 0 spiro atoms. The van der Waals surface area contributed by atoms with Gasteiger partial charge in [0.1, 0.15) is 12.5 Å². The molecule has 19 heavy (non-hydrogen) atoms. The van der Waals surface area contributed by atoms with Gasteiger partial charge in [-0.2, -0.15) is 0 Å². The van der Waals surface area contributed by atoms with Crippen molar-refractivity contribution in [1.29, 1.82) is 0 Å². The molecule has 0 bridgehead atoms. The van der Waals surface area contributed by atoms with E-state index in [-0.39, 0.29) is 0 Å². The van der Waals surface area contributed by atoms with Crippen LogP contribution in [0.25, 0.3) is 0 Å². The normalized spacial score (nSPS) is 28.9. The lowest BCUT2D eigenvalue weighted by Gasteiger charge is -2.35. The summed E-state index contributed by atoms with van der Waals surface area (Å²) in [5.74, 6) is 1.15. The van der Waals surface area contributed by atoms with Crippen molar-refractivity contribution >= 4 is 5.84 Å². The molecule has 0 amide bonds. The number of rotatable bonds is 2. The fourth-order valence-corrected chi connectivity index (χ4v) is 2.84. The van der Waals surface area contributed by atoms with E-state index in [1.165, 1.54) is 12.8 Å². The summed E-state index contributed by atoms with van der Waals surface area (Å²) in [6.07, 6.45) is 7.15. The van der Waals surface area contributed by atoms with Crippen molar-refractivity contribution in [3.05, 3.63) is 12.3 Å². The van der Waals surface area contributed by atoms with E-state index in [1.807, 2.05) is 0 Å². The highest BCUT2D eigenvalue weighted by Crippen LogP contribution is 2.15. The summed E-state index contributed by atoms with van der Waals surface area (Å²) in [5.41, 5.74) is 0. The molecule has 0 radical (unpaired) electrons. The summed E-state index contributed by atoms with van der Waals surface area (Å²) >= 11 is 0. The Balaban J connectivity index is 1.48. The molecule has 3 aliphatic rings. The van der Waals surface area contributed by atoms with Gasteiger partial charge in [-0.05, 0) is 26.0 Å². The predicted molar refractivity (Wildman–Crippen MR) is 76.2 cm³/mol. The van der Waals surface area contributed by atoms with Gasteiger partial charge in [0.2, 0.25) is 0 Å². The zero-order valence-corrected chi connectivity index (χ0v) is 11.8. The lowest BCUT2D eigenvalue weighted by molar-refractivity contribution is 0.0868. The fraction of sp³-hybridized carbons (Fsp3) is 0.786. The second-order valence-electron chi connectivity index (χ2n) is 5.67. The van der Waals surface area contributed by atoms with Crippen LogP contribution < -0.4 is 0 Å². The van der Waals surface area contributed by atoms with Gasteiger partial charge in [-0.25, -0.2) is 4.99 Å². The van der Waals surface area contributed by atoms with E-state index >= 15 is 0 Å².